The summed E-state index contributed by atoms with van der Waals surface area (Å²) in [6, 6.07) is 0. The Hall–Kier alpha value is -1.60. The van der Waals surface area contributed by atoms with Gasteiger partial charge in [-0.05, 0) is 47.5 Å². The average molecular weight is 533 g/mol. The van der Waals surface area contributed by atoms with Crippen LogP contribution in [0, 0.1) is 0 Å². The van der Waals surface area contributed by atoms with Gasteiger partial charge >= 0.3 is 5.97 Å². The first-order chi connectivity index (χ1) is 17.4. The van der Waals surface area contributed by atoms with E-state index in [0.29, 0.717) is 19.3 Å². The molecule has 0 rings (SSSR count). The molecule has 0 saturated heterocycles. The lowest BCUT2D eigenvalue weighted by Crippen LogP contribution is -2.12. The fourth-order valence-electron chi connectivity index (χ4n) is 3.11. The first-order valence-electron chi connectivity index (χ1n) is 14.3. The number of unbranched alkanes of at least 4 members (excludes halogenated alkanes) is 14. The van der Waals surface area contributed by atoms with Crippen molar-refractivity contribution in [3.05, 3.63) is 0 Å². The Morgan fingerprint density at radius 1 is 0.568 bits per heavy atom. The topological polar surface area (TPSA) is 129 Å². The molecule has 0 heterocycles. The van der Waals surface area contributed by atoms with Gasteiger partial charge in [0.1, 0.15) is 17.3 Å². The maximum atomic E-state index is 10.3. The Kier molecular flexibility index (Phi) is 42.0. The van der Waals surface area contributed by atoms with Gasteiger partial charge in [0.2, 0.25) is 0 Å². The van der Waals surface area contributed by atoms with Crippen LogP contribution in [0.3, 0.4) is 0 Å². The summed E-state index contributed by atoms with van der Waals surface area (Å²) in [5.74, 6) is -0.276. The van der Waals surface area contributed by atoms with Crippen LogP contribution in [0.4, 0.5) is 0 Å². The number of carboxylic acids is 1. The van der Waals surface area contributed by atoms with Crippen molar-refractivity contribution >= 4 is 23.3 Å². The first-order valence-corrected chi connectivity index (χ1v) is 14.3. The number of carbonyl (C=O) groups is 4. The van der Waals surface area contributed by atoms with Gasteiger partial charge < -0.3 is 29.7 Å². The van der Waals surface area contributed by atoms with Crippen molar-refractivity contribution < 1.29 is 34.5 Å². The molecule has 0 radical (unpaired) electrons. The van der Waals surface area contributed by atoms with Gasteiger partial charge in [0, 0.05) is 12.8 Å². The number of aliphatic hydroxyl groups is 2. The van der Waals surface area contributed by atoms with E-state index in [1.807, 2.05) is 0 Å². The SMILES string of the molecule is CC(=O)CCC(O)CO.CC(C)=O.CC(C)=O.CCCCCCCCCCCCCCCCCC(=O)O. The van der Waals surface area contributed by atoms with E-state index in [1.165, 1.54) is 118 Å². The van der Waals surface area contributed by atoms with E-state index < -0.39 is 12.1 Å². The van der Waals surface area contributed by atoms with Gasteiger partial charge in [-0.25, -0.2) is 0 Å². The molecule has 0 amide bonds. The average Bonchev–Trinajstić information content (AvgIpc) is 2.79. The van der Waals surface area contributed by atoms with E-state index in [9.17, 15) is 19.2 Å². The third-order valence-corrected chi connectivity index (χ3v) is 5.03. The molecule has 0 aromatic rings. The highest BCUT2D eigenvalue weighted by atomic mass is 16.4. The molecule has 7 heteroatoms. The highest BCUT2D eigenvalue weighted by Crippen LogP contribution is 2.13. The molecular weight excluding hydrogens is 472 g/mol. The van der Waals surface area contributed by atoms with Gasteiger partial charge in [0.25, 0.3) is 0 Å². The van der Waals surface area contributed by atoms with E-state index in [1.54, 1.807) is 0 Å². The lowest BCUT2D eigenvalue weighted by molar-refractivity contribution is -0.137. The first kappa shape index (κ1) is 42.5. The number of rotatable bonds is 20. The summed E-state index contributed by atoms with van der Waals surface area (Å²) < 4.78 is 0. The van der Waals surface area contributed by atoms with Crippen molar-refractivity contribution in [2.24, 2.45) is 0 Å². The molecule has 0 aromatic heterocycles. The predicted octanol–water partition coefficient (Wildman–Crippen LogP) is 7.23. The molecule has 0 aliphatic rings. The van der Waals surface area contributed by atoms with Crippen LogP contribution in [0.25, 0.3) is 0 Å². The van der Waals surface area contributed by atoms with Crippen LogP contribution in [-0.4, -0.2) is 51.3 Å². The molecule has 1 unspecified atom stereocenters. The van der Waals surface area contributed by atoms with Crippen LogP contribution in [0.5, 0.6) is 0 Å². The zero-order valence-corrected chi connectivity index (χ0v) is 25.0. The Morgan fingerprint density at radius 3 is 1.11 bits per heavy atom. The molecule has 0 saturated carbocycles. The smallest absolute Gasteiger partial charge is 0.303 e. The van der Waals surface area contributed by atoms with Crippen LogP contribution < -0.4 is 0 Å². The highest BCUT2D eigenvalue weighted by Gasteiger charge is 2.02. The summed E-state index contributed by atoms with van der Waals surface area (Å²) in [5.41, 5.74) is 0. The van der Waals surface area contributed by atoms with Gasteiger partial charge in [-0.2, -0.15) is 0 Å². The Balaban J connectivity index is -0.000000262. The van der Waals surface area contributed by atoms with Crippen LogP contribution >= 0.6 is 0 Å². The Labute approximate surface area is 227 Å². The summed E-state index contributed by atoms with van der Waals surface area (Å²) in [4.78, 5) is 39.5. The number of aliphatic hydroxyl groups excluding tert-OH is 2. The van der Waals surface area contributed by atoms with Gasteiger partial charge in [0.15, 0.2) is 0 Å². The second-order valence-electron chi connectivity index (χ2n) is 9.99. The summed E-state index contributed by atoms with van der Waals surface area (Å²) in [6.07, 6.45) is 20.2. The van der Waals surface area contributed by atoms with E-state index >= 15 is 0 Å². The minimum atomic E-state index is -0.728. The van der Waals surface area contributed by atoms with Crippen molar-refractivity contribution in [3.63, 3.8) is 0 Å². The van der Waals surface area contributed by atoms with Crippen LogP contribution in [0.15, 0.2) is 0 Å². The fraction of sp³-hybridized carbons (Fsp3) is 0.867. The summed E-state index contributed by atoms with van der Waals surface area (Å²) in [7, 11) is 0. The maximum absolute atomic E-state index is 10.3. The molecule has 0 aliphatic heterocycles. The lowest BCUT2D eigenvalue weighted by Gasteiger charge is -2.03. The second-order valence-corrected chi connectivity index (χ2v) is 9.99. The van der Waals surface area contributed by atoms with Gasteiger partial charge in [-0.3, -0.25) is 4.79 Å². The monoisotopic (exact) mass is 532 g/mol. The molecule has 222 valence electrons. The molecule has 7 nitrogen and oxygen atoms in total. The molecule has 3 N–H and O–H groups in total. The third kappa shape index (κ3) is 72.0. The largest absolute Gasteiger partial charge is 0.481 e. The molecule has 0 bridgehead atoms. The Morgan fingerprint density at radius 2 is 0.865 bits per heavy atom. The zero-order valence-electron chi connectivity index (χ0n) is 25.0. The fourth-order valence-corrected chi connectivity index (χ4v) is 3.11. The van der Waals surface area contributed by atoms with E-state index in [2.05, 4.69) is 6.92 Å². The quantitative estimate of drug-likeness (QED) is 0.141. The van der Waals surface area contributed by atoms with Gasteiger partial charge in [-0.15, -0.1) is 0 Å². The number of hydrogen-bond acceptors (Lipinski definition) is 6. The van der Waals surface area contributed by atoms with Gasteiger partial charge in [-0.1, -0.05) is 96.8 Å². The van der Waals surface area contributed by atoms with Crippen molar-refractivity contribution in [2.45, 2.75) is 163 Å². The number of hydrogen-bond donors (Lipinski definition) is 3. The number of ketones is 3. The molecule has 0 fully saturated rings. The number of aliphatic carboxylic acids is 1. The molecule has 0 aromatic carbocycles. The lowest BCUT2D eigenvalue weighted by atomic mass is 10.0. The molecule has 0 aliphatic carbocycles. The molecule has 37 heavy (non-hydrogen) atoms. The summed E-state index contributed by atoms with van der Waals surface area (Å²) in [6.45, 7) is 9.59. The van der Waals surface area contributed by atoms with Crippen molar-refractivity contribution in [3.8, 4) is 0 Å². The van der Waals surface area contributed by atoms with Crippen LogP contribution in [0.1, 0.15) is 157 Å². The zero-order chi connectivity index (χ0) is 29.3. The van der Waals surface area contributed by atoms with Crippen molar-refractivity contribution in [1.82, 2.24) is 0 Å². The van der Waals surface area contributed by atoms with E-state index in [4.69, 9.17) is 15.3 Å². The minimum absolute atomic E-state index is 0.0440. The summed E-state index contributed by atoms with van der Waals surface area (Å²) >= 11 is 0. The van der Waals surface area contributed by atoms with Crippen LogP contribution in [0.2, 0.25) is 0 Å². The standard InChI is InChI=1S/C18H36O2.C6H12O3.2C3H6O/c1-2-3-4-5-6-7-8-9-10-11-12-13-14-15-16-17-18(19)20;1-5(8)2-3-6(9)4-7;2*1-3(2)4/h2-17H2,1H3,(H,19,20);6-7,9H,2-4H2,1H3;2*1-2H3. The maximum Gasteiger partial charge on any atom is 0.303 e. The molecule has 0 spiro atoms. The van der Waals surface area contributed by atoms with E-state index in [-0.39, 0.29) is 24.0 Å². The Bertz CT molecular complexity index is 498. The van der Waals surface area contributed by atoms with Gasteiger partial charge in [0.05, 0.1) is 12.7 Å². The van der Waals surface area contributed by atoms with Crippen molar-refractivity contribution in [1.29, 1.82) is 0 Å². The number of carbonyl (C=O) groups excluding carboxylic acids is 3. The van der Waals surface area contributed by atoms with Crippen molar-refractivity contribution in [2.75, 3.05) is 6.61 Å². The number of carboxylic acid groups (broad SMARTS) is 1. The highest BCUT2D eigenvalue weighted by molar-refractivity contribution is 5.75. The minimum Gasteiger partial charge on any atom is -0.481 e. The number of Topliss-reactive ketones (excluding diaryl/α,β-unsaturated/α-hetero) is 3. The third-order valence-electron chi connectivity index (χ3n) is 5.03. The molecule has 1 atom stereocenters. The molecular formula is C30H60O7. The predicted molar refractivity (Wildman–Crippen MR) is 153 cm³/mol. The van der Waals surface area contributed by atoms with E-state index in [0.717, 1.165) is 12.8 Å². The van der Waals surface area contributed by atoms with Crippen LogP contribution in [-0.2, 0) is 19.2 Å². The summed E-state index contributed by atoms with van der Waals surface area (Å²) in [5, 5.41) is 25.5. The second kappa shape index (κ2) is 36.6. The normalized spacial score (nSPS) is 10.5.